The lowest BCUT2D eigenvalue weighted by Gasteiger charge is -2.30. The van der Waals surface area contributed by atoms with Gasteiger partial charge in [0.15, 0.2) is 0 Å². The van der Waals surface area contributed by atoms with Crippen LogP contribution in [0.1, 0.15) is 32.6 Å². The molecule has 0 aromatic carbocycles. The fraction of sp³-hybridized carbons (Fsp3) is 0.875. The largest absolute Gasteiger partial charge is 0.343 e. The van der Waals surface area contributed by atoms with Gasteiger partial charge in [-0.1, -0.05) is 13.3 Å². The highest BCUT2D eigenvalue weighted by atomic mass is 16.2. The molecule has 0 unspecified atom stereocenters. The maximum Gasteiger partial charge on any atom is 0.222 e. The summed E-state index contributed by atoms with van der Waals surface area (Å²) < 4.78 is 0. The molecule has 58 valence electrons. The Balaban J connectivity index is 2.08. The van der Waals surface area contributed by atoms with Crippen molar-refractivity contribution in [2.75, 3.05) is 13.1 Å². The number of nitrogens with zero attached hydrogens (tertiary/aromatic N) is 1. The SMILES string of the molecule is CCCCC(=O)N1CCC1. The highest BCUT2D eigenvalue weighted by molar-refractivity contribution is 5.76. The molecule has 0 bridgehead atoms. The van der Waals surface area contributed by atoms with Gasteiger partial charge in [0.25, 0.3) is 0 Å². The number of carbonyl (C=O) groups excluding carboxylic acids is 1. The topological polar surface area (TPSA) is 20.3 Å². The first-order chi connectivity index (χ1) is 4.84. The van der Waals surface area contributed by atoms with Gasteiger partial charge in [-0.15, -0.1) is 0 Å². The van der Waals surface area contributed by atoms with Crippen LogP contribution >= 0.6 is 0 Å². The Morgan fingerprint density at radius 1 is 1.50 bits per heavy atom. The molecule has 1 aliphatic heterocycles. The number of amides is 1. The Morgan fingerprint density at radius 3 is 2.60 bits per heavy atom. The molecule has 0 N–H and O–H groups in total. The number of likely N-dealkylation sites (tertiary alicyclic amines) is 1. The van der Waals surface area contributed by atoms with E-state index in [-0.39, 0.29) is 0 Å². The summed E-state index contributed by atoms with van der Waals surface area (Å²) in [5.41, 5.74) is 0. The van der Waals surface area contributed by atoms with E-state index in [1.165, 1.54) is 6.42 Å². The predicted octanol–water partition coefficient (Wildman–Crippen LogP) is 1.41. The van der Waals surface area contributed by atoms with Gasteiger partial charge in [0.2, 0.25) is 5.91 Å². The van der Waals surface area contributed by atoms with Crippen molar-refractivity contribution in [3.8, 4) is 0 Å². The quantitative estimate of drug-likeness (QED) is 0.582. The molecule has 0 radical (unpaired) electrons. The van der Waals surface area contributed by atoms with E-state index >= 15 is 0 Å². The maximum atomic E-state index is 11.1. The molecule has 2 heteroatoms. The second kappa shape index (κ2) is 3.59. The van der Waals surface area contributed by atoms with Crippen LogP contribution in [-0.4, -0.2) is 23.9 Å². The Morgan fingerprint density at radius 2 is 2.20 bits per heavy atom. The van der Waals surface area contributed by atoms with Crippen molar-refractivity contribution in [3.63, 3.8) is 0 Å². The van der Waals surface area contributed by atoms with Gasteiger partial charge < -0.3 is 4.90 Å². The summed E-state index contributed by atoms with van der Waals surface area (Å²) in [7, 11) is 0. The zero-order chi connectivity index (χ0) is 7.40. The minimum absolute atomic E-state index is 0.355. The minimum Gasteiger partial charge on any atom is -0.343 e. The molecule has 0 saturated carbocycles. The van der Waals surface area contributed by atoms with Crippen molar-refractivity contribution in [2.24, 2.45) is 0 Å². The summed E-state index contributed by atoms with van der Waals surface area (Å²) >= 11 is 0. The molecular formula is C8H15NO. The van der Waals surface area contributed by atoms with Crippen molar-refractivity contribution in [1.29, 1.82) is 0 Å². The zero-order valence-corrected chi connectivity index (χ0v) is 6.60. The fourth-order valence-electron chi connectivity index (χ4n) is 1.05. The van der Waals surface area contributed by atoms with E-state index in [4.69, 9.17) is 0 Å². The maximum absolute atomic E-state index is 11.1. The lowest BCUT2D eigenvalue weighted by atomic mass is 10.1. The van der Waals surface area contributed by atoms with E-state index in [1.54, 1.807) is 0 Å². The van der Waals surface area contributed by atoms with Crippen LogP contribution in [0.3, 0.4) is 0 Å². The minimum atomic E-state index is 0.355. The Hall–Kier alpha value is -0.530. The van der Waals surface area contributed by atoms with Gasteiger partial charge in [-0.25, -0.2) is 0 Å². The third kappa shape index (κ3) is 1.72. The molecule has 1 saturated heterocycles. The van der Waals surface area contributed by atoms with Gasteiger partial charge in [0, 0.05) is 19.5 Å². The summed E-state index contributed by atoms with van der Waals surface area (Å²) in [6.07, 6.45) is 4.14. The van der Waals surface area contributed by atoms with Crippen LogP contribution in [0, 0.1) is 0 Å². The normalized spacial score (nSPS) is 16.7. The molecule has 1 amide bonds. The van der Waals surface area contributed by atoms with Crippen LogP contribution < -0.4 is 0 Å². The zero-order valence-electron chi connectivity index (χ0n) is 6.60. The molecular weight excluding hydrogens is 126 g/mol. The van der Waals surface area contributed by atoms with Crippen molar-refractivity contribution in [1.82, 2.24) is 4.90 Å². The summed E-state index contributed by atoms with van der Waals surface area (Å²) in [4.78, 5) is 13.1. The summed E-state index contributed by atoms with van der Waals surface area (Å²) in [5.74, 6) is 0.355. The Bertz CT molecular complexity index is 118. The average Bonchev–Trinajstić information content (AvgIpc) is 1.79. The smallest absolute Gasteiger partial charge is 0.222 e. The molecule has 1 heterocycles. The summed E-state index contributed by atoms with van der Waals surface area (Å²) in [5, 5.41) is 0. The molecule has 0 aromatic heterocycles. The van der Waals surface area contributed by atoms with Gasteiger partial charge in [0.1, 0.15) is 0 Å². The molecule has 0 atom stereocenters. The third-order valence-electron chi connectivity index (χ3n) is 1.95. The van der Waals surface area contributed by atoms with Crippen LogP contribution in [0.15, 0.2) is 0 Å². The Labute approximate surface area is 62.2 Å². The van der Waals surface area contributed by atoms with Gasteiger partial charge >= 0.3 is 0 Å². The van der Waals surface area contributed by atoms with E-state index < -0.39 is 0 Å². The lowest BCUT2D eigenvalue weighted by Crippen LogP contribution is -2.41. The highest BCUT2D eigenvalue weighted by Gasteiger charge is 2.18. The van der Waals surface area contributed by atoms with Crippen molar-refractivity contribution in [2.45, 2.75) is 32.6 Å². The van der Waals surface area contributed by atoms with Crippen molar-refractivity contribution in [3.05, 3.63) is 0 Å². The van der Waals surface area contributed by atoms with Crippen LogP contribution in [0.2, 0.25) is 0 Å². The number of carbonyl (C=O) groups is 1. The van der Waals surface area contributed by atoms with Crippen molar-refractivity contribution >= 4 is 5.91 Å². The summed E-state index contributed by atoms with van der Waals surface area (Å²) in [6, 6.07) is 0. The van der Waals surface area contributed by atoms with Gasteiger partial charge in [-0.3, -0.25) is 4.79 Å². The summed E-state index contributed by atoms with van der Waals surface area (Å²) in [6.45, 7) is 4.12. The van der Waals surface area contributed by atoms with E-state index in [1.807, 2.05) is 4.90 Å². The monoisotopic (exact) mass is 141 g/mol. The first-order valence-corrected chi connectivity index (χ1v) is 4.12. The van der Waals surface area contributed by atoms with E-state index in [0.29, 0.717) is 5.91 Å². The van der Waals surface area contributed by atoms with Gasteiger partial charge in [-0.2, -0.15) is 0 Å². The number of hydrogen-bond acceptors (Lipinski definition) is 1. The second-order valence-electron chi connectivity index (χ2n) is 2.84. The first kappa shape index (κ1) is 7.58. The van der Waals surface area contributed by atoms with E-state index in [2.05, 4.69) is 6.92 Å². The van der Waals surface area contributed by atoms with E-state index in [0.717, 1.165) is 32.4 Å². The second-order valence-corrected chi connectivity index (χ2v) is 2.84. The molecule has 10 heavy (non-hydrogen) atoms. The lowest BCUT2D eigenvalue weighted by molar-refractivity contribution is -0.134. The van der Waals surface area contributed by atoms with Crippen LogP contribution in [-0.2, 0) is 4.79 Å². The Kier molecular flexibility index (Phi) is 2.72. The number of rotatable bonds is 3. The third-order valence-corrected chi connectivity index (χ3v) is 1.95. The fourth-order valence-corrected chi connectivity index (χ4v) is 1.05. The van der Waals surface area contributed by atoms with Crippen LogP contribution in [0.5, 0.6) is 0 Å². The molecule has 2 nitrogen and oxygen atoms in total. The predicted molar refractivity (Wildman–Crippen MR) is 40.7 cm³/mol. The van der Waals surface area contributed by atoms with Gasteiger partial charge in [-0.05, 0) is 12.8 Å². The molecule has 1 rings (SSSR count). The standard InChI is InChI=1S/C8H15NO/c1-2-3-5-8(10)9-6-4-7-9/h2-7H2,1H3. The van der Waals surface area contributed by atoms with Gasteiger partial charge in [0.05, 0.1) is 0 Å². The molecule has 1 fully saturated rings. The van der Waals surface area contributed by atoms with E-state index in [9.17, 15) is 4.79 Å². The number of unbranched alkanes of at least 4 members (excludes halogenated alkanes) is 1. The molecule has 1 aliphatic rings. The molecule has 0 spiro atoms. The number of hydrogen-bond donors (Lipinski definition) is 0. The van der Waals surface area contributed by atoms with Crippen LogP contribution in [0.4, 0.5) is 0 Å². The van der Waals surface area contributed by atoms with Crippen molar-refractivity contribution < 1.29 is 4.79 Å². The molecule has 0 aliphatic carbocycles. The van der Waals surface area contributed by atoms with Crippen LogP contribution in [0.25, 0.3) is 0 Å². The molecule has 0 aromatic rings. The first-order valence-electron chi connectivity index (χ1n) is 4.12. The average molecular weight is 141 g/mol. The highest BCUT2D eigenvalue weighted by Crippen LogP contribution is 2.09.